The number of rotatable bonds is 4. The summed E-state index contributed by atoms with van der Waals surface area (Å²) in [7, 11) is 2.09. The lowest BCUT2D eigenvalue weighted by molar-refractivity contribution is -0.123. The van der Waals surface area contributed by atoms with E-state index in [1.807, 2.05) is 33.9 Å². The minimum atomic E-state index is -3.37. The number of likely N-dealkylation sites (N-methyl/N-ethyl adjacent to an activating group) is 1. The van der Waals surface area contributed by atoms with Crippen LogP contribution in [-0.4, -0.2) is 25.4 Å². The van der Waals surface area contributed by atoms with E-state index in [9.17, 15) is 13.4 Å². The molecule has 1 unspecified atom stereocenters. The van der Waals surface area contributed by atoms with Crippen LogP contribution in [0.4, 0.5) is 4.39 Å². The Balaban J connectivity index is 2.49. The van der Waals surface area contributed by atoms with Gasteiger partial charge in [-0.1, -0.05) is 26.8 Å². The summed E-state index contributed by atoms with van der Waals surface area (Å²) >= 11 is 0. The quantitative estimate of drug-likeness (QED) is 0.589. The van der Waals surface area contributed by atoms with Crippen LogP contribution >= 0.6 is 10.7 Å². The van der Waals surface area contributed by atoms with Gasteiger partial charge in [-0.05, 0) is 48.7 Å². The van der Waals surface area contributed by atoms with Crippen molar-refractivity contribution in [1.29, 1.82) is 0 Å². The van der Waals surface area contributed by atoms with Crippen molar-refractivity contribution in [3.05, 3.63) is 29.6 Å². The average molecular weight is 405 g/mol. The molecule has 1 aliphatic carbocycles. The van der Waals surface area contributed by atoms with Gasteiger partial charge in [0.05, 0.1) is 10.3 Å². The predicted molar refractivity (Wildman–Crippen MR) is 103 cm³/mol. The van der Waals surface area contributed by atoms with Gasteiger partial charge in [0.1, 0.15) is 5.82 Å². The van der Waals surface area contributed by atoms with Crippen LogP contribution in [0.25, 0.3) is 0 Å². The second-order valence-electron chi connectivity index (χ2n) is 8.17. The number of nitrogens with one attached hydrogen (secondary N) is 1. The summed E-state index contributed by atoms with van der Waals surface area (Å²) in [6.45, 7) is 10.00. The zero-order valence-corrected chi connectivity index (χ0v) is 18.1. The number of carbonyl (C=O) groups is 1. The molecule has 0 bridgehead atoms. The number of hydrogen-bond donors (Lipinski definition) is 1. The SMILES string of the molecule is CNC(=O)C1(c2ccc(S(=O)(Cl)=N[Si](C)(C)C(C)(C)C)c(F)c2)CC1. The maximum Gasteiger partial charge on any atom is 0.230 e. The molecule has 0 radical (unpaired) electrons. The van der Waals surface area contributed by atoms with E-state index in [4.69, 9.17) is 10.7 Å². The molecule has 8 heteroatoms. The van der Waals surface area contributed by atoms with Crippen LogP contribution < -0.4 is 5.32 Å². The van der Waals surface area contributed by atoms with E-state index in [0.29, 0.717) is 18.4 Å². The molecule has 4 nitrogen and oxygen atoms in total. The molecule has 0 aromatic heterocycles. The fraction of sp³-hybridized carbons (Fsp3) is 0.588. The van der Waals surface area contributed by atoms with Gasteiger partial charge in [-0.15, -0.1) is 0 Å². The molecule has 1 aromatic rings. The number of hydrogen-bond acceptors (Lipinski definition) is 3. The van der Waals surface area contributed by atoms with Gasteiger partial charge in [0.2, 0.25) is 5.91 Å². The minimum absolute atomic E-state index is 0.101. The maximum atomic E-state index is 14.7. The van der Waals surface area contributed by atoms with Gasteiger partial charge in [-0.2, -0.15) is 0 Å². The fourth-order valence-corrected chi connectivity index (χ4v) is 8.79. The summed E-state index contributed by atoms with van der Waals surface area (Å²) in [6.07, 6.45) is 1.35. The van der Waals surface area contributed by atoms with E-state index in [1.165, 1.54) is 12.1 Å². The molecular weight excluding hydrogens is 379 g/mol. The number of carbonyl (C=O) groups excluding carboxylic acids is 1. The van der Waals surface area contributed by atoms with E-state index in [2.05, 4.69) is 9.35 Å². The highest BCUT2D eigenvalue weighted by Gasteiger charge is 2.51. The first-order valence-corrected chi connectivity index (χ1v) is 13.6. The molecule has 1 saturated carbocycles. The summed E-state index contributed by atoms with van der Waals surface area (Å²) in [5.74, 6) is -0.799. The Kier molecular flexibility index (Phi) is 5.18. The Morgan fingerprint density at radius 1 is 1.36 bits per heavy atom. The van der Waals surface area contributed by atoms with Crippen LogP contribution in [0.2, 0.25) is 18.1 Å². The molecule has 25 heavy (non-hydrogen) atoms. The second kappa shape index (κ2) is 6.35. The third-order valence-corrected chi connectivity index (χ3v) is 13.8. The first-order chi connectivity index (χ1) is 11.3. The molecule has 1 N–H and O–H groups in total. The highest BCUT2D eigenvalue weighted by molar-refractivity contribution is 8.16. The molecular formula is C17H26ClFN2O2SSi. The molecule has 1 atom stereocenters. The molecule has 1 aliphatic rings. The van der Waals surface area contributed by atoms with Gasteiger partial charge in [-0.3, -0.25) is 8.82 Å². The normalized spacial score (nSPS) is 19.0. The van der Waals surface area contributed by atoms with Crippen LogP contribution in [0, 0.1) is 5.82 Å². The Morgan fingerprint density at radius 2 is 1.92 bits per heavy atom. The van der Waals surface area contributed by atoms with Gasteiger partial charge in [0.15, 0.2) is 17.2 Å². The van der Waals surface area contributed by atoms with Crippen molar-refractivity contribution in [3.8, 4) is 0 Å². The number of amides is 1. The van der Waals surface area contributed by atoms with Gasteiger partial charge < -0.3 is 5.32 Å². The lowest BCUT2D eigenvalue weighted by atomic mass is 9.95. The summed E-state index contributed by atoms with van der Waals surface area (Å²) in [6, 6.07) is 4.34. The van der Waals surface area contributed by atoms with E-state index >= 15 is 0 Å². The number of nitrogens with zero attached hydrogens (tertiary/aromatic N) is 1. The maximum absolute atomic E-state index is 14.7. The van der Waals surface area contributed by atoms with Crippen molar-refractivity contribution in [3.63, 3.8) is 0 Å². The molecule has 140 valence electrons. The minimum Gasteiger partial charge on any atom is -0.358 e. The third-order valence-electron chi connectivity index (χ3n) is 5.35. The van der Waals surface area contributed by atoms with E-state index in [-0.39, 0.29) is 15.8 Å². The molecule has 0 saturated heterocycles. The molecule has 0 spiro atoms. The van der Waals surface area contributed by atoms with Gasteiger partial charge in [0, 0.05) is 17.7 Å². The van der Waals surface area contributed by atoms with Crippen LogP contribution in [-0.2, 0) is 19.2 Å². The monoisotopic (exact) mass is 404 g/mol. The lowest BCUT2D eigenvalue weighted by Gasteiger charge is -2.32. The topological polar surface area (TPSA) is 58.5 Å². The van der Waals surface area contributed by atoms with Crippen molar-refractivity contribution in [1.82, 2.24) is 5.32 Å². The van der Waals surface area contributed by atoms with E-state index < -0.39 is 28.4 Å². The summed E-state index contributed by atoms with van der Waals surface area (Å²) in [4.78, 5) is 12.0. The van der Waals surface area contributed by atoms with Gasteiger partial charge in [-0.25, -0.2) is 8.60 Å². The Morgan fingerprint density at radius 3 is 2.32 bits per heavy atom. The van der Waals surface area contributed by atoms with Crippen LogP contribution in [0.5, 0.6) is 0 Å². The molecule has 1 amide bonds. The van der Waals surface area contributed by atoms with E-state index in [1.54, 1.807) is 13.1 Å². The summed E-state index contributed by atoms with van der Waals surface area (Å²) < 4.78 is 32.1. The standard InChI is InChI=1S/C17H26ClFN2O2SSi/c1-16(2,3)25(5,6)21-24(18,23)14-8-7-12(11-13(14)19)17(9-10-17)15(22)20-4/h7-8,11H,9-10H2,1-6H3,(H,20,22). The van der Waals surface area contributed by atoms with Crippen molar-refractivity contribution < 1.29 is 13.4 Å². The fourth-order valence-electron chi connectivity index (χ4n) is 2.49. The second-order valence-corrected chi connectivity index (χ2v) is 16.1. The van der Waals surface area contributed by atoms with Crippen LogP contribution in [0.15, 0.2) is 27.1 Å². The van der Waals surface area contributed by atoms with Gasteiger partial charge >= 0.3 is 0 Å². The molecule has 0 aliphatic heterocycles. The van der Waals surface area contributed by atoms with Crippen molar-refractivity contribution >= 4 is 33.8 Å². The van der Waals surface area contributed by atoms with Crippen molar-refractivity contribution in [2.75, 3.05) is 7.05 Å². The number of benzene rings is 1. The smallest absolute Gasteiger partial charge is 0.230 e. The molecule has 2 rings (SSSR count). The third kappa shape index (κ3) is 3.78. The number of halogens is 2. The average Bonchev–Trinajstić information content (AvgIpc) is 3.25. The Hall–Kier alpha value is -0.923. The molecule has 0 heterocycles. The molecule has 1 fully saturated rings. The highest BCUT2D eigenvalue weighted by atomic mass is 35.7. The predicted octanol–water partition coefficient (Wildman–Crippen LogP) is 4.59. The van der Waals surface area contributed by atoms with Crippen LogP contribution in [0.1, 0.15) is 39.2 Å². The lowest BCUT2D eigenvalue weighted by Crippen LogP contribution is -2.36. The van der Waals surface area contributed by atoms with Gasteiger partial charge in [0.25, 0.3) is 0 Å². The first kappa shape index (κ1) is 20.4. The summed E-state index contributed by atoms with van der Waals surface area (Å²) in [5.41, 5.74) is -0.0787. The van der Waals surface area contributed by atoms with E-state index in [0.717, 1.165) is 0 Å². The molecule has 1 aromatic carbocycles. The zero-order valence-electron chi connectivity index (χ0n) is 15.6. The largest absolute Gasteiger partial charge is 0.358 e. The van der Waals surface area contributed by atoms with Crippen LogP contribution in [0.3, 0.4) is 0 Å². The first-order valence-electron chi connectivity index (χ1n) is 8.27. The Labute approximate surface area is 155 Å². The summed E-state index contributed by atoms with van der Waals surface area (Å²) in [5, 5.41) is 2.47. The van der Waals surface area contributed by atoms with Crippen molar-refractivity contribution in [2.45, 2.75) is 62.1 Å². The van der Waals surface area contributed by atoms with Crippen molar-refractivity contribution in [2.24, 2.45) is 4.03 Å². The zero-order chi connectivity index (χ0) is 19.3. The Bertz CT molecular complexity index is 822. The highest BCUT2D eigenvalue weighted by Crippen LogP contribution is 2.49.